The number of nitrogens with one attached hydrogen (secondary N) is 1. The minimum absolute atomic E-state index is 0.0345. The first-order valence-corrected chi connectivity index (χ1v) is 11.6. The molecule has 0 radical (unpaired) electrons. The van der Waals surface area contributed by atoms with Gasteiger partial charge in [-0.3, -0.25) is 4.79 Å². The molecule has 3 aromatic rings. The number of hydrogen-bond acceptors (Lipinski definition) is 6. The number of nitrogens with zero attached hydrogens (tertiary/aromatic N) is 2. The Balaban J connectivity index is 2.15. The maximum absolute atomic E-state index is 13.3. The fourth-order valence-corrected chi connectivity index (χ4v) is 4.97. The van der Waals surface area contributed by atoms with Gasteiger partial charge in [0.1, 0.15) is 11.6 Å². The van der Waals surface area contributed by atoms with Gasteiger partial charge in [-0.1, -0.05) is 43.1 Å². The van der Waals surface area contributed by atoms with E-state index in [1.807, 2.05) is 13.8 Å². The summed E-state index contributed by atoms with van der Waals surface area (Å²) < 4.78 is 33.5. The summed E-state index contributed by atoms with van der Waals surface area (Å²) in [6.07, 6.45) is 1.63. The molecule has 166 valence electrons. The first kappa shape index (κ1) is 23.3. The number of hydrogen-bond donors (Lipinski definition) is 2. The van der Waals surface area contributed by atoms with Crippen LogP contribution < -0.4 is 9.74 Å². The Labute approximate surface area is 189 Å². The minimum Gasteiger partial charge on any atom is -0.396 e. The predicted molar refractivity (Wildman–Crippen MR) is 118 cm³/mol. The zero-order chi connectivity index (χ0) is 22.8. The summed E-state index contributed by atoms with van der Waals surface area (Å²) in [7, 11) is -4.35. The molecule has 0 aliphatic carbocycles. The Morgan fingerprint density at radius 2 is 1.87 bits per heavy atom. The average molecular weight is 486 g/mol. The molecule has 0 fully saturated rings. The summed E-state index contributed by atoms with van der Waals surface area (Å²) >= 11 is 11.9. The van der Waals surface area contributed by atoms with E-state index in [0.29, 0.717) is 17.1 Å². The fourth-order valence-electron chi connectivity index (χ4n) is 3.06. The van der Waals surface area contributed by atoms with E-state index >= 15 is 0 Å². The first-order chi connectivity index (χ1) is 14.6. The lowest BCUT2D eigenvalue weighted by Gasteiger charge is -2.15. The molecule has 0 spiro atoms. The molecule has 8 nitrogen and oxygen atoms in total. The van der Waals surface area contributed by atoms with E-state index in [1.165, 1.54) is 35.0 Å². The zero-order valence-corrected chi connectivity index (χ0v) is 19.1. The third-order valence-corrected chi connectivity index (χ3v) is 6.13. The summed E-state index contributed by atoms with van der Waals surface area (Å²) in [6, 6.07) is 7.08. The third kappa shape index (κ3) is 5.48. The van der Waals surface area contributed by atoms with Gasteiger partial charge in [0.15, 0.2) is 5.03 Å². The van der Waals surface area contributed by atoms with Gasteiger partial charge in [-0.2, -0.15) is 8.42 Å². The Hall–Kier alpha value is -2.33. The van der Waals surface area contributed by atoms with Crippen LogP contribution in [0.25, 0.3) is 0 Å². The molecule has 0 amide bonds. The molecular formula is C20H21Cl2N3O5S. The lowest BCUT2D eigenvalue weighted by atomic mass is 10.1. The number of aromatic amines is 1. The van der Waals surface area contributed by atoms with E-state index in [-0.39, 0.29) is 51.9 Å². The molecular weight excluding hydrogens is 465 g/mol. The summed E-state index contributed by atoms with van der Waals surface area (Å²) in [5.74, 6) is 0.0991. The van der Waals surface area contributed by atoms with Gasteiger partial charge in [0.2, 0.25) is 5.56 Å². The van der Waals surface area contributed by atoms with Crippen molar-refractivity contribution in [3.63, 3.8) is 0 Å². The molecule has 1 aromatic carbocycles. The van der Waals surface area contributed by atoms with Crippen molar-refractivity contribution in [3.05, 3.63) is 74.0 Å². The summed E-state index contributed by atoms with van der Waals surface area (Å²) in [4.78, 5) is 18.4. The van der Waals surface area contributed by atoms with Crippen LogP contribution in [0, 0.1) is 0 Å². The molecule has 0 aliphatic heterocycles. The fraction of sp³-hybridized carbons (Fsp3) is 0.300. The number of benzene rings is 1. The van der Waals surface area contributed by atoms with Crippen molar-refractivity contribution in [2.45, 2.75) is 37.8 Å². The van der Waals surface area contributed by atoms with E-state index in [0.717, 1.165) is 0 Å². The van der Waals surface area contributed by atoms with Crippen molar-refractivity contribution in [1.29, 1.82) is 0 Å². The molecule has 0 saturated carbocycles. The Morgan fingerprint density at radius 3 is 2.42 bits per heavy atom. The van der Waals surface area contributed by atoms with Gasteiger partial charge < -0.3 is 18.8 Å². The second-order valence-electron chi connectivity index (χ2n) is 7.14. The van der Waals surface area contributed by atoms with Gasteiger partial charge >= 0.3 is 10.1 Å². The molecule has 2 aromatic heterocycles. The SMILES string of the molecule is CC(C)c1nc(CCO)n(Cc2ccc(=O)[nH]c2)c1S(=O)(=O)Oc1cc(Cl)cc(Cl)c1. The normalized spacial score (nSPS) is 11.8. The van der Waals surface area contributed by atoms with E-state index in [1.54, 1.807) is 6.07 Å². The van der Waals surface area contributed by atoms with Crippen LogP contribution in [0.2, 0.25) is 10.0 Å². The number of rotatable bonds is 8. The standard InChI is InChI=1S/C20H21Cl2N3O5S/c1-12(2)19-20(31(28,29)30-16-8-14(21)7-15(22)9-16)25(17(24-19)5-6-26)11-13-3-4-18(27)23-10-13/h3-4,7-10,12,26H,5-6,11H2,1-2H3,(H,23,27). The summed E-state index contributed by atoms with van der Waals surface area (Å²) in [5, 5.41) is 9.80. The lowest BCUT2D eigenvalue weighted by Crippen LogP contribution is -2.19. The monoisotopic (exact) mass is 485 g/mol. The lowest BCUT2D eigenvalue weighted by molar-refractivity contribution is 0.294. The zero-order valence-electron chi connectivity index (χ0n) is 16.8. The Morgan fingerprint density at radius 1 is 1.19 bits per heavy atom. The van der Waals surface area contributed by atoms with Crippen molar-refractivity contribution in [2.75, 3.05) is 6.61 Å². The van der Waals surface area contributed by atoms with Crippen molar-refractivity contribution in [2.24, 2.45) is 0 Å². The molecule has 11 heteroatoms. The highest BCUT2D eigenvalue weighted by molar-refractivity contribution is 7.87. The predicted octanol–water partition coefficient (Wildman–Crippen LogP) is 3.35. The van der Waals surface area contributed by atoms with Crippen LogP contribution in [0.15, 0.2) is 46.3 Å². The maximum Gasteiger partial charge on any atom is 0.357 e. The molecule has 0 atom stereocenters. The van der Waals surface area contributed by atoms with Gasteiger partial charge in [-0.05, 0) is 17.5 Å². The smallest absolute Gasteiger partial charge is 0.357 e. The van der Waals surface area contributed by atoms with E-state index in [9.17, 15) is 18.3 Å². The molecule has 31 heavy (non-hydrogen) atoms. The number of H-pyrrole nitrogens is 1. The van der Waals surface area contributed by atoms with E-state index in [4.69, 9.17) is 27.4 Å². The molecule has 0 aliphatic rings. The maximum atomic E-state index is 13.3. The molecule has 2 heterocycles. The average Bonchev–Trinajstić information content (AvgIpc) is 3.02. The number of imidazole rings is 1. The molecule has 3 rings (SSSR count). The van der Waals surface area contributed by atoms with Gasteiger partial charge in [-0.15, -0.1) is 0 Å². The first-order valence-electron chi connectivity index (χ1n) is 9.39. The second-order valence-corrected chi connectivity index (χ2v) is 9.47. The van der Waals surface area contributed by atoms with Gasteiger partial charge in [-0.25, -0.2) is 4.98 Å². The van der Waals surface area contributed by atoms with Crippen LogP contribution in [0.1, 0.15) is 36.8 Å². The highest BCUT2D eigenvalue weighted by atomic mass is 35.5. The van der Waals surface area contributed by atoms with Crippen molar-refractivity contribution in [3.8, 4) is 5.75 Å². The molecule has 0 bridgehead atoms. The third-order valence-electron chi connectivity index (χ3n) is 4.38. The van der Waals surface area contributed by atoms with Crippen LogP contribution in [-0.4, -0.2) is 34.7 Å². The van der Waals surface area contributed by atoms with Crippen molar-refractivity contribution >= 4 is 33.3 Å². The number of aliphatic hydroxyl groups excluding tert-OH is 1. The number of aliphatic hydroxyl groups is 1. The van der Waals surface area contributed by atoms with Crippen LogP contribution in [0.4, 0.5) is 0 Å². The largest absolute Gasteiger partial charge is 0.396 e. The van der Waals surface area contributed by atoms with Crippen molar-refractivity contribution < 1.29 is 17.7 Å². The van der Waals surface area contributed by atoms with Crippen LogP contribution in [0.3, 0.4) is 0 Å². The van der Waals surface area contributed by atoms with Crippen LogP contribution in [0.5, 0.6) is 5.75 Å². The van der Waals surface area contributed by atoms with Crippen LogP contribution >= 0.6 is 23.2 Å². The molecule has 0 saturated heterocycles. The molecule has 0 unspecified atom stereocenters. The highest BCUT2D eigenvalue weighted by Crippen LogP contribution is 2.31. The number of aromatic nitrogens is 3. The van der Waals surface area contributed by atoms with Crippen LogP contribution in [-0.2, 0) is 23.1 Å². The minimum atomic E-state index is -4.35. The number of halogens is 2. The Bertz CT molecular complexity index is 1210. The summed E-state index contributed by atoms with van der Waals surface area (Å²) in [5.41, 5.74) is 0.677. The highest BCUT2D eigenvalue weighted by Gasteiger charge is 2.31. The van der Waals surface area contributed by atoms with Gasteiger partial charge in [0, 0.05) is 40.9 Å². The Kier molecular flexibility index (Phi) is 7.10. The quantitative estimate of drug-likeness (QED) is 0.472. The molecule has 2 N–H and O–H groups in total. The van der Waals surface area contributed by atoms with E-state index in [2.05, 4.69) is 9.97 Å². The summed E-state index contributed by atoms with van der Waals surface area (Å²) in [6.45, 7) is 3.50. The van der Waals surface area contributed by atoms with E-state index < -0.39 is 10.1 Å². The number of pyridine rings is 1. The van der Waals surface area contributed by atoms with Crippen molar-refractivity contribution in [1.82, 2.24) is 14.5 Å². The van der Waals surface area contributed by atoms with Gasteiger partial charge in [0.25, 0.3) is 0 Å². The topological polar surface area (TPSA) is 114 Å². The van der Waals surface area contributed by atoms with Gasteiger partial charge in [0.05, 0.1) is 18.8 Å². The second kappa shape index (κ2) is 9.44.